The first-order chi connectivity index (χ1) is 11.9. The molecule has 0 fully saturated rings. The van der Waals surface area contributed by atoms with Crippen molar-refractivity contribution in [2.45, 2.75) is 25.9 Å². The molecule has 0 atom stereocenters. The van der Waals surface area contributed by atoms with Gasteiger partial charge < -0.3 is 9.47 Å². The molecule has 0 aromatic heterocycles. The molecule has 0 amide bonds. The van der Waals surface area contributed by atoms with E-state index >= 15 is 0 Å². The van der Waals surface area contributed by atoms with Gasteiger partial charge in [0.25, 0.3) is 0 Å². The van der Waals surface area contributed by atoms with E-state index in [1.165, 1.54) is 17.5 Å². The lowest BCUT2D eigenvalue weighted by Gasteiger charge is -2.27. The molecule has 2 rings (SSSR count). The lowest BCUT2D eigenvalue weighted by molar-refractivity contribution is -0.140. The monoisotopic (exact) mass is 356 g/mol. The topological polar surface area (TPSA) is 52.6 Å². The lowest BCUT2D eigenvalue weighted by Crippen LogP contribution is -2.53. The van der Waals surface area contributed by atoms with Crippen molar-refractivity contribution in [2.75, 3.05) is 14.2 Å². The average molecular weight is 356 g/mol. The Morgan fingerprint density at radius 2 is 1.76 bits per heavy atom. The summed E-state index contributed by atoms with van der Waals surface area (Å²) in [6, 6.07) is 13.9. The third-order valence-electron chi connectivity index (χ3n) is 4.57. The zero-order chi connectivity index (χ0) is 18.4. The number of benzene rings is 2. The zero-order valence-electron chi connectivity index (χ0n) is 15.2. The van der Waals surface area contributed by atoms with Gasteiger partial charge in [-0.1, -0.05) is 60.7 Å². The van der Waals surface area contributed by atoms with Crippen LogP contribution in [0.1, 0.15) is 22.3 Å². The number of hydrogen-bond acceptors (Lipinski definition) is 4. The van der Waals surface area contributed by atoms with E-state index < -0.39 is 8.07 Å². The van der Waals surface area contributed by atoms with Crippen molar-refractivity contribution in [2.24, 2.45) is 0 Å². The first-order valence-corrected chi connectivity index (χ1v) is 11.2. The fourth-order valence-electron chi connectivity index (χ4n) is 2.99. The summed E-state index contributed by atoms with van der Waals surface area (Å²) in [5, 5.41) is 2.40. The zero-order valence-corrected chi connectivity index (χ0v) is 16.2. The molecule has 25 heavy (non-hydrogen) atoms. The number of aryl methyl sites for hydroxylation is 1. The maximum atomic E-state index is 11.5. The van der Waals surface area contributed by atoms with Crippen LogP contribution >= 0.6 is 0 Å². The largest absolute Gasteiger partial charge is 0.497 e. The van der Waals surface area contributed by atoms with E-state index in [0.717, 1.165) is 17.6 Å². The summed E-state index contributed by atoms with van der Waals surface area (Å²) < 4.78 is 10.5. The fourth-order valence-corrected chi connectivity index (χ4v) is 5.64. The van der Waals surface area contributed by atoms with Crippen LogP contribution in [0.3, 0.4) is 0 Å². The lowest BCUT2D eigenvalue weighted by atomic mass is 10.1. The molecule has 0 bridgehead atoms. The van der Waals surface area contributed by atoms with E-state index in [0.29, 0.717) is 18.4 Å². The highest BCUT2D eigenvalue weighted by molar-refractivity contribution is 7.01. The minimum Gasteiger partial charge on any atom is -0.497 e. The second-order valence-electron chi connectivity index (χ2n) is 6.44. The number of methoxy groups -OCH3 is 2. The van der Waals surface area contributed by atoms with Crippen LogP contribution in [-0.4, -0.2) is 34.5 Å². The van der Waals surface area contributed by atoms with Crippen LogP contribution in [-0.2, 0) is 16.0 Å². The molecule has 0 aliphatic heterocycles. The second kappa shape index (κ2) is 8.12. The van der Waals surface area contributed by atoms with Gasteiger partial charge in [-0.05, 0) is 17.2 Å². The molecule has 0 aliphatic carbocycles. The van der Waals surface area contributed by atoms with Gasteiger partial charge in [0.1, 0.15) is 20.1 Å². The van der Waals surface area contributed by atoms with E-state index in [4.69, 9.17) is 9.47 Å². The van der Waals surface area contributed by atoms with E-state index in [1.54, 1.807) is 7.11 Å². The van der Waals surface area contributed by atoms with E-state index in [9.17, 15) is 9.59 Å². The van der Waals surface area contributed by atoms with Crippen LogP contribution in [0.15, 0.2) is 42.5 Å². The van der Waals surface area contributed by atoms with E-state index in [1.807, 2.05) is 36.4 Å². The molecule has 0 spiro atoms. The Labute approximate surface area is 149 Å². The average Bonchev–Trinajstić information content (AvgIpc) is 2.65. The van der Waals surface area contributed by atoms with Gasteiger partial charge in [0.05, 0.1) is 14.2 Å². The molecule has 0 radical (unpaired) electrons. The predicted molar refractivity (Wildman–Crippen MR) is 102 cm³/mol. The number of esters is 1. The third-order valence-corrected chi connectivity index (χ3v) is 8.09. The highest BCUT2D eigenvalue weighted by atomic mass is 28.3. The van der Waals surface area contributed by atoms with E-state index in [-0.39, 0.29) is 5.97 Å². The quantitative estimate of drug-likeness (QED) is 0.434. The third kappa shape index (κ3) is 4.17. The van der Waals surface area contributed by atoms with Gasteiger partial charge in [-0.3, -0.25) is 9.59 Å². The molecule has 5 heteroatoms. The standard InChI is InChI=1S/C20H24O4Si/c1-23-19(22)13-10-16-6-5-7-18(20(16)24-2)25(3,4)17-11-8-15(14-21)9-12-17/h5-9,11-12,14H,10,13H2,1-4H3. The first kappa shape index (κ1) is 18.9. The summed E-state index contributed by atoms with van der Waals surface area (Å²) in [7, 11) is 1.06. The van der Waals surface area contributed by atoms with Crippen molar-refractivity contribution in [3.8, 4) is 5.75 Å². The number of carbonyl (C=O) groups excluding carboxylic acids is 2. The minimum absolute atomic E-state index is 0.228. The molecule has 0 saturated heterocycles. The molecule has 0 aliphatic rings. The van der Waals surface area contributed by atoms with Crippen LogP contribution in [0.25, 0.3) is 0 Å². The molecular weight excluding hydrogens is 332 g/mol. The molecule has 2 aromatic rings. The molecule has 2 aromatic carbocycles. The van der Waals surface area contributed by atoms with Crippen molar-refractivity contribution < 1.29 is 19.1 Å². The maximum Gasteiger partial charge on any atom is 0.305 e. The second-order valence-corrected chi connectivity index (χ2v) is 10.8. The summed E-state index contributed by atoms with van der Waals surface area (Å²) >= 11 is 0. The van der Waals surface area contributed by atoms with Gasteiger partial charge in [0.15, 0.2) is 0 Å². The number of carbonyl (C=O) groups is 2. The van der Waals surface area contributed by atoms with Gasteiger partial charge in [-0.25, -0.2) is 0 Å². The van der Waals surface area contributed by atoms with E-state index in [2.05, 4.69) is 19.2 Å². The molecule has 0 saturated carbocycles. The highest BCUT2D eigenvalue weighted by Crippen LogP contribution is 2.22. The Bertz CT molecular complexity index is 751. The molecule has 0 unspecified atom stereocenters. The SMILES string of the molecule is COC(=O)CCc1cccc([Si](C)(C)c2ccc(C=O)cc2)c1OC. The summed E-state index contributed by atoms with van der Waals surface area (Å²) in [6.07, 6.45) is 1.76. The van der Waals surface area contributed by atoms with Gasteiger partial charge in [-0.15, -0.1) is 0 Å². The Balaban J connectivity index is 2.41. The smallest absolute Gasteiger partial charge is 0.305 e. The van der Waals surface area contributed by atoms with Crippen LogP contribution in [0.5, 0.6) is 5.75 Å². The highest BCUT2D eigenvalue weighted by Gasteiger charge is 2.30. The van der Waals surface area contributed by atoms with Gasteiger partial charge in [0, 0.05) is 12.0 Å². The van der Waals surface area contributed by atoms with Crippen LogP contribution < -0.4 is 15.1 Å². The normalized spacial score (nSPS) is 11.0. The fraction of sp³-hybridized carbons (Fsp3) is 0.300. The van der Waals surface area contributed by atoms with Crippen molar-refractivity contribution in [3.63, 3.8) is 0 Å². The molecule has 0 heterocycles. The van der Waals surface area contributed by atoms with Crippen molar-refractivity contribution in [1.29, 1.82) is 0 Å². The summed E-state index contributed by atoms with van der Waals surface area (Å²) in [5.41, 5.74) is 1.68. The molecule has 132 valence electrons. The number of hydrogen-bond donors (Lipinski definition) is 0. The predicted octanol–water partition coefficient (Wildman–Crippen LogP) is 2.44. The van der Waals surface area contributed by atoms with Gasteiger partial charge in [0.2, 0.25) is 0 Å². The van der Waals surface area contributed by atoms with Crippen molar-refractivity contribution in [3.05, 3.63) is 53.6 Å². The minimum atomic E-state index is -2.01. The Kier molecular flexibility index (Phi) is 6.15. The van der Waals surface area contributed by atoms with Gasteiger partial charge >= 0.3 is 5.97 Å². The van der Waals surface area contributed by atoms with Gasteiger partial charge in [-0.2, -0.15) is 0 Å². The Morgan fingerprint density at radius 1 is 1.08 bits per heavy atom. The number of ether oxygens (including phenoxy) is 2. The summed E-state index contributed by atoms with van der Waals surface area (Å²) in [4.78, 5) is 22.4. The Hall–Kier alpha value is -2.40. The molecule has 4 nitrogen and oxygen atoms in total. The van der Waals surface area contributed by atoms with Crippen molar-refractivity contribution >= 4 is 30.7 Å². The van der Waals surface area contributed by atoms with Crippen LogP contribution in [0, 0.1) is 0 Å². The maximum absolute atomic E-state index is 11.5. The number of para-hydroxylation sites is 1. The first-order valence-electron chi connectivity index (χ1n) is 8.23. The van der Waals surface area contributed by atoms with Crippen LogP contribution in [0.2, 0.25) is 13.1 Å². The summed E-state index contributed by atoms with van der Waals surface area (Å²) in [6.45, 7) is 4.51. The number of aldehydes is 1. The number of rotatable bonds is 7. The Morgan fingerprint density at radius 3 is 2.32 bits per heavy atom. The van der Waals surface area contributed by atoms with Crippen molar-refractivity contribution in [1.82, 2.24) is 0 Å². The van der Waals surface area contributed by atoms with Crippen LogP contribution in [0.4, 0.5) is 0 Å². The summed E-state index contributed by atoms with van der Waals surface area (Å²) in [5.74, 6) is 0.621. The molecule has 0 N–H and O–H groups in total. The molecular formula is C20H24O4Si.